The van der Waals surface area contributed by atoms with Gasteiger partial charge >= 0.3 is 0 Å². The van der Waals surface area contributed by atoms with Gasteiger partial charge in [0.1, 0.15) is 11.5 Å². The Morgan fingerprint density at radius 2 is 2.04 bits per heavy atom. The number of aliphatic carboxylic acids is 1. The van der Waals surface area contributed by atoms with E-state index in [1.807, 2.05) is 4.90 Å². The fraction of sp³-hybridized carbons (Fsp3) is 0.722. The van der Waals surface area contributed by atoms with Crippen LogP contribution in [0.5, 0.6) is 0 Å². The van der Waals surface area contributed by atoms with Crippen LogP contribution in [0.15, 0.2) is 4.42 Å². The third-order valence-electron chi connectivity index (χ3n) is 4.67. The van der Waals surface area contributed by atoms with Crippen molar-refractivity contribution in [1.82, 2.24) is 9.88 Å². The minimum Gasteiger partial charge on any atom is -0.481 e. The first-order valence-corrected chi connectivity index (χ1v) is 8.96. The highest BCUT2D eigenvalue weighted by Gasteiger charge is 2.43. The number of carboxylic acid groups (broad SMARTS) is 1. The molecule has 140 valence electrons. The Kier molecular flexibility index (Phi) is 6.21. The molecule has 1 saturated carbocycles. The van der Waals surface area contributed by atoms with Crippen molar-refractivity contribution >= 4 is 11.9 Å². The van der Waals surface area contributed by atoms with Crippen molar-refractivity contribution < 1.29 is 19.1 Å². The van der Waals surface area contributed by atoms with Crippen LogP contribution < -0.4 is 5.73 Å². The van der Waals surface area contributed by atoms with E-state index in [4.69, 9.17) is 20.1 Å². The van der Waals surface area contributed by atoms with E-state index in [0.29, 0.717) is 19.0 Å². The predicted molar refractivity (Wildman–Crippen MR) is 92.9 cm³/mol. The number of fused-ring (bicyclic) bond motifs is 1. The molecule has 7 nitrogen and oxygen atoms in total. The molecule has 1 aliphatic heterocycles. The molecule has 0 atom stereocenters. The van der Waals surface area contributed by atoms with Gasteiger partial charge in [-0.15, -0.1) is 0 Å². The summed E-state index contributed by atoms with van der Waals surface area (Å²) in [5.74, 6) is 1.67. The Labute approximate surface area is 148 Å². The molecule has 0 aromatic carbocycles. The predicted octanol–water partition coefficient (Wildman–Crippen LogP) is 2.12. The molecule has 0 spiro atoms. The minimum atomic E-state index is -0.833. The number of aryl methyl sites for hydroxylation is 1. The number of hydrogen-bond donors (Lipinski definition) is 2. The van der Waals surface area contributed by atoms with E-state index in [-0.39, 0.29) is 5.91 Å². The summed E-state index contributed by atoms with van der Waals surface area (Å²) in [7, 11) is 0. The summed E-state index contributed by atoms with van der Waals surface area (Å²) < 4.78 is 5.83. The Bertz CT molecular complexity index is 616. The van der Waals surface area contributed by atoms with Crippen molar-refractivity contribution in [3.8, 4) is 0 Å². The number of amides is 1. The molecule has 0 saturated heterocycles. The zero-order valence-corrected chi connectivity index (χ0v) is 15.4. The van der Waals surface area contributed by atoms with Crippen LogP contribution in [0.3, 0.4) is 0 Å². The Balaban J connectivity index is 0.000000511. The largest absolute Gasteiger partial charge is 0.481 e. The lowest BCUT2D eigenvalue weighted by atomic mass is 9.76. The summed E-state index contributed by atoms with van der Waals surface area (Å²) in [4.78, 5) is 27.9. The molecule has 3 N–H and O–H groups in total. The topological polar surface area (TPSA) is 110 Å². The number of carboxylic acids is 1. The normalized spacial score (nSPS) is 18.0. The second kappa shape index (κ2) is 7.99. The van der Waals surface area contributed by atoms with Crippen LogP contribution in [0.1, 0.15) is 63.8 Å². The molecule has 1 aromatic rings. The van der Waals surface area contributed by atoms with Gasteiger partial charge in [-0.25, -0.2) is 4.98 Å². The molecule has 25 heavy (non-hydrogen) atoms. The van der Waals surface area contributed by atoms with E-state index >= 15 is 0 Å². The lowest BCUT2D eigenvalue weighted by Gasteiger charge is -2.41. The highest BCUT2D eigenvalue weighted by Crippen LogP contribution is 2.32. The van der Waals surface area contributed by atoms with E-state index < -0.39 is 11.5 Å². The fourth-order valence-electron chi connectivity index (χ4n) is 3.03. The molecule has 0 radical (unpaired) electrons. The van der Waals surface area contributed by atoms with Gasteiger partial charge in [0.2, 0.25) is 5.91 Å². The van der Waals surface area contributed by atoms with Gasteiger partial charge in [0, 0.05) is 26.3 Å². The number of aromatic nitrogens is 1. The Hall–Kier alpha value is -1.89. The smallest absolute Gasteiger partial charge is 0.300 e. The average molecular weight is 351 g/mol. The molecule has 1 aromatic heterocycles. The lowest BCUT2D eigenvalue weighted by Crippen LogP contribution is -2.60. The van der Waals surface area contributed by atoms with Gasteiger partial charge < -0.3 is 20.2 Å². The Morgan fingerprint density at radius 3 is 2.56 bits per heavy atom. The summed E-state index contributed by atoms with van der Waals surface area (Å²) in [6.07, 6.45) is 5.39. The quantitative estimate of drug-likeness (QED) is 0.860. The number of nitrogens with zero attached hydrogens (tertiary/aromatic N) is 2. The first kappa shape index (κ1) is 19.4. The van der Waals surface area contributed by atoms with Crippen molar-refractivity contribution in [3.63, 3.8) is 0 Å². The monoisotopic (exact) mass is 351 g/mol. The first-order chi connectivity index (χ1) is 11.7. The molecule has 0 unspecified atom stereocenters. The number of carbonyl (C=O) groups excluding carboxylic acids is 1. The molecule has 1 aliphatic carbocycles. The van der Waals surface area contributed by atoms with Crippen LogP contribution >= 0.6 is 0 Å². The first-order valence-electron chi connectivity index (χ1n) is 8.96. The number of oxazole rings is 1. The van der Waals surface area contributed by atoms with E-state index in [9.17, 15) is 4.79 Å². The third-order valence-corrected chi connectivity index (χ3v) is 4.67. The lowest BCUT2D eigenvalue weighted by molar-refractivity contribution is -0.141. The van der Waals surface area contributed by atoms with Crippen molar-refractivity contribution in [2.24, 2.45) is 11.7 Å². The molecule has 7 heteroatoms. The molecular formula is C18H29N3O4. The van der Waals surface area contributed by atoms with Crippen LogP contribution in [0.2, 0.25) is 0 Å². The van der Waals surface area contributed by atoms with Gasteiger partial charge in [0.15, 0.2) is 5.89 Å². The standard InChI is InChI=1S/C16H25N3O2.C2H4O2/c1-11(2)4-5-14-18-12-10-19(9-6-13(12)21-14)15(20)16(17)7-3-8-16;1-2(3)4/h11H,3-10,17H2,1-2H3;1H3,(H,3,4). The molecule has 3 rings (SSSR count). The molecule has 1 amide bonds. The Morgan fingerprint density at radius 1 is 1.40 bits per heavy atom. The molecule has 2 heterocycles. The number of nitrogens with two attached hydrogens (primary N) is 1. The summed E-state index contributed by atoms with van der Waals surface area (Å²) in [5.41, 5.74) is 6.47. The van der Waals surface area contributed by atoms with Crippen LogP contribution in [0.4, 0.5) is 0 Å². The third kappa shape index (κ3) is 5.04. The van der Waals surface area contributed by atoms with Gasteiger partial charge in [0.05, 0.1) is 12.1 Å². The van der Waals surface area contributed by atoms with E-state index in [1.165, 1.54) is 0 Å². The van der Waals surface area contributed by atoms with Crippen LogP contribution in [0, 0.1) is 5.92 Å². The molecule has 0 bridgehead atoms. The zero-order chi connectivity index (χ0) is 18.6. The highest BCUT2D eigenvalue weighted by molar-refractivity contribution is 5.87. The minimum absolute atomic E-state index is 0.0890. The van der Waals surface area contributed by atoms with Gasteiger partial charge in [-0.3, -0.25) is 9.59 Å². The SMILES string of the molecule is CC(=O)O.CC(C)CCc1nc2c(o1)CCN(C(=O)C1(N)CCC1)C2. The van der Waals surface area contributed by atoms with Crippen molar-refractivity contribution in [1.29, 1.82) is 0 Å². The average Bonchev–Trinajstić information content (AvgIpc) is 2.91. The maximum absolute atomic E-state index is 12.5. The summed E-state index contributed by atoms with van der Waals surface area (Å²) >= 11 is 0. The van der Waals surface area contributed by atoms with E-state index in [2.05, 4.69) is 18.8 Å². The number of rotatable bonds is 4. The fourth-order valence-corrected chi connectivity index (χ4v) is 3.03. The van der Waals surface area contributed by atoms with Crippen molar-refractivity contribution in [2.75, 3.05) is 6.54 Å². The zero-order valence-electron chi connectivity index (χ0n) is 15.4. The van der Waals surface area contributed by atoms with E-state index in [1.54, 1.807) is 0 Å². The second-order valence-electron chi connectivity index (χ2n) is 7.42. The highest BCUT2D eigenvalue weighted by atomic mass is 16.4. The maximum Gasteiger partial charge on any atom is 0.300 e. The molecule has 2 aliphatic rings. The summed E-state index contributed by atoms with van der Waals surface area (Å²) in [5, 5.41) is 7.42. The summed E-state index contributed by atoms with van der Waals surface area (Å²) in [6, 6.07) is 0. The van der Waals surface area contributed by atoms with Crippen molar-refractivity contribution in [2.45, 2.75) is 71.4 Å². The second-order valence-corrected chi connectivity index (χ2v) is 7.42. The van der Waals surface area contributed by atoms with Crippen LogP contribution in [-0.2, 0) is 29.0 Å². The van der Waals surface area contributed by atoms with Crippen molar-refractivity contribution in [3.05, 3.63) is 17.3 Å². The number of carbonyl (C=O) groups is 2. The summed E-state index contributed by atoms with van der Waals surface area (Å²) in [6.45, 7) is 6.73. The van der Waals surface area contributed by atoms with Gasteiger partial charge in [-0.1, -0.05) is 13.8 Å². The van der Waals surface area contributed by atoms with E-state index in [0.717, 1.165) is 62.8 Å². The van der Waals surface area contributed by atoms with Crippen LogP contribution in [-0.4, -0.2) is 39.0 Å². The van der Waals surface area contributed by atoms with Gasteiger partial charge in [-0.05, 0) is 31.6 Å². The number of hydrogen-bond acceptors (Lipinski definition) is 5. The van der Waals surface area contributed by atoms with Crippen LogP contribution in [0.25, 0.3) is 0 Å². The molecular weight excluding hydrogens is 322 g/mol. The maximum atomic E-state index is 12.5. The van der Waals surface area contributed by atoms with Gasteiger partial charge in [-0.2, -0.15) is 0 Å². The van der Waals surface area contributed by atoms with Gasteiger partial charge in [0.25, 0.3) is 5.97 Å². The molecule has 1 fully saturated rings.